The highest BCUT2D eigenvalue weighted by atomic mass is 16.5. The van der Waals surface area contributed by atoms with Crippen LogP contribution in [0.1, 0.15) is 62.4 Å². The molecule has 0 aliphatic rings. The fourth-order valence-electron chi connectivity index (χ4n) is 1.95. The summed E-state index contributed by atoms with van der Waals surface area (Å²) in [6.45, 7) is 6.88. The van der Waals surface area contributed by atoms with Gasteiger partial charge in [0, 0.05) is 12.0 Å². The number of carbonyl (C=O) groups excluding carboxylic acids is 1. The van der Waals surface area contributed by atoms with E-state index in [0.717, 1.165) is 36.3 Å². The second kappa shape index (κ2) is 7.91. The highest BCUT2D eigenvalue weighted by Crippen LogP contribution is 2.20. The summed E-state index contributed by atoms with van der Waals surface area (Å²) in [6, 6.07) is 5.88. The van der Waals surface area contributed by atoms with Crippen LogP contribution in [0.25, 0.3) is 0 Å². The summed E-state index contributed by atoms with van der Waals surface area (Å²) in [5.74, 6) is 1.02. The molecule has 0 aliphatic heterocycles. The highest BCUT2D eigenvalue weighted by molar-refractivity contribution is 5.97. The van der Waals surface area contributed by atoms with Gasteiger partial charge in [-0.15, -0.1) is 0 Å². The molecule has 0 unspecified atom stereocenters. The smallest absolute Gasteiger partial charge is 0.163 e. The number of benzene rings is 1. The first-order valence-corrected chi connectivity index (χ1v) is 7.01. The maximum absolute atomic E-state index is 11.9. The SMILES string of the molecule is CCCCCOc1ccc(CC)c(C(=O)CC)c1. The molecule has 0 aliphatic carbocycles. The maximum Gasteiger partial charge on any atom is 0.163 e. The maximum atomic E-state index is 11.9. The first-order chi connectivity index (χ1) is 8.72. The second-order valence-electron chi connectivity index (χ2n) is 4.50. The molecular formula is C16H24O2. The summed E-state index contributed by atoms with van der Waals surface area (Å²) < 4.78 is 5.69. The predicted octanol–water partition coefficient (Wildman–Crippen LogP) is 4.41. The molecule has 1 aromatic carbocycles. The molecule has 0 aromatic heterocycles. The molecule has 0 radical (unpaired) electrons. The quantitative estimate of drug-likeness (QED) is 0.503. The molecule has 2 heteroatoms. The summed E-state index contributed by atoms with van der Waals surface area (Å²) in [7, 11) is 0. The van der Waals surface area contributed by atoms with E-state index in [2.05, 4.69) is 13.8 Å². The van der Waals surface area contributed by atoms with Crippen molar-refractivity contribution in [3.05, 3.63) is 29.3 Å². The van der Waals surface area contributed by atoms with Gasteiger partial charge < -0.3 is 4.74 Å². The molecule has 0 fully saturated rings. The van der Waals surface area contributed by atoms with Crippen molar-refractivity contribution in [2.75, 3.05) is 6.61 Å². The Morgan fingerprint density at radius 1 is 1.17 bits per heavy atom. The Kier molecular flexibility index (Phi) is 6.48. The van der Waals surface area contributed by atoms with E-state index in [1.165, 1.54) is 12.8 Å². The number of hydrogen-bond donors (Lipinski definition) is 0. The van der Waals surface area contributed by atoms with E-state index < -0.39 is 0 Å². The lowest BCUT2D eigenvalue weighted by Crippen LogP contribution is -2.04. The Bertz CT molecular complexity index is 383. The van der Waals surface area contributed by atoms with Crippen LogP contribution in [0.2, 0.25) is 0 Å². The van der Waals surface area contributed by atoms with E-state index in [1.54, 1.807) is 0 Å². The molecule has 100 valence electrons. The molecule has 1 aromatic rings. The lowest BCUT2D eigenvalue weighted by Gasteiger charge is -2.10. The molecule has 0 heterocycles. The van der Waals surface area contributed by atoms with Gasteiger partial charge in [0.25, 0.3) is 0 Å². The van der Waals surface area contributed by atoms with Crippen molar-refractivity contribution in [2.45, 2.75) is 52.9 Å². The monoisotopic (exact) mass is 248 g/mol. The van der Waals surface area contributed by atoms with Gasteiger partial charge in [-0.05, 0) is 30.5 Å². The van der Waals surface area contributed by atoms with Gasteiger partial charge in [0.15, 0.2) is 5.78 Å². The lowest BCUT2D eigenvalue weighted by atomic mass is 10.00. The highest BCUT2D eigenvalue weighted by Gasteiger charge is 2.09. The molecule has 18 heavy (non-hydrogen) atoms. The fourth-order valence-corrected chi connectivity index (χ4v) is 1.95. The van der Waals surface area contributed by atoms with Gasteiger partial charge >= 0.3 is 0 Å². The number of unbranched alkanes of at least 4 members (excludes halogenated alkanes) is 2. The molecule has 2 nitrogen and oxygen atoms in total. The third-order valence-corrected chi connectivity index (χ3v) is 3.10. The van der Waals surface area contributed by atoms with Crippen molar-refractivity contribution in [2.24, 2.45) is 0 Å². The van der Waals surface area contributed by atoms with Gasteiger partial charge in [0.05, 0.1) is 6.61 Å². The van der Waals surface area contributed by atoms with E-state index in [1.807, 2.05) is 25.1 Å². The zero-order chi connectivity index (χ0) is 13.4. The summed E-state index contributed by atoms with van der Waals surface area (Å²) in [6.07, 6.45) is 4.89. The van der Waals surface area contributed by atoms with Crippen LogP contribution in [0.3, 0.4) is 0 Å². The van der Waals surface area contributed by atoms with Crippen molar-refractivity contribution >= 4 is 5.78 Å². The molecule has 0 spiro atoms. The summed E-state index contributed by atoms with van der Waals surface area (Å²) in [5, 5.41) is 0. The molecule has 0 bridgehead atoms. The van der Waals surface area contributed by atoms with Crippen LogP contribution in [0.4, 0.5) is 0 Å². The van der Waals surface area contributed by atoms with Crippen LogP contribution in [-0.4, -0.2) is 12.4 Å². The number of Topliss-reactive ketones (excluding diaryl/α,β-unsaturated/α-hetero) is 1. The van der Waals surface area contributed by atoms with Gasteiger partial charge in [0.1, 0.15) is 5.75 Å². The van der Waals surface area contributed by atoms with Crippen LogP contribution in [0.15, 0.2) is 18.2 Å². The number of carbonyl (C=O) groups is 1. The largest absolute Gasteiger partial charge is 0.494 e. The van der Waals surface area contributed by atoms with E-state index in [-0.39, 0.29) is 5.78 Å². The zero-order valence-electron chi connectivity index (χ0n) is 11.8. The molecule has 0 saturated heterocycles. The fraction of sp³-hybridized carbons (Fsp3) is 0.562. The molecule has 1 rings (SSSR count). The minimum atomic E-state index is 0.200. The Morgan fingerprint density at radius 2 is 1.94 bits per heavy atom. The third-order valence-electron chi connectivity index (χ3n) is 3.10. The molecule has 0 saturated carbocycles. The molecule has 0 N–H and O–H groups in total. The summed E-state index contributed by atoms with van der Waals surface area (Å²) >= 11 is 0. The van der Waals surface area contributed by atoms with Gasteiger partial charge in [-0.25, -0.2) is 0 Å². The first-order valence-electron chi connectivity index (χ1n) is 7.01. The van der Waals surface area contributed by atoms with Crippen LogP contribution in [0, 0.1) is 0 Å². The Labute approximate surface area is 110 Å². The van der Waals surface area contributed by atoms with Gasteiger partial charge in [-0.1, -0.05) is 39.7 Å². The van der Waals surface area contributed by atoms with Crippen LogP contribution in [-0.2, 0) is 6.42 Å². The average molecular weight is 248 g/mol. The van der Waals surface area contributed by atoms with Crippen molar-refractivity contribution < 1.29 is 9.53 Å². The Balaban J connectivity index is 2.73. The normalized spacial score (nSPS) is 10.4. The number of aryl methyl sites for hydroxylation is 1. The van der Waals surface area contributed by atoms with E-state index in [0.29, 0.717) is 6.42 Å². The molecule has 0 amide bonds. The summed E-state index contributed by atoms with van der Waals surface area (Å²) in [4.78, 5) is 11.9. The lowest BCUT2D eigenvalue weighted by molar-refractivity contribution is 0.0987. The average Bonchev–Trinajstić information content (AvgIpc) is 2.42. The number of rotatable bonds is 8. The zero-order valence-corrected chi connectivity index (χ0v) is 11.8. The minimum absolute atomic E-state index is 0.200. The van der Waals surface area contributed by atoms with Crippen molar-refractivity contribution in [3.8, 4) is 5.75 Å². The van der Waals surface area contributed by atoms with E-state index in [4.69, 9.17) is 4.74 Å². The topological polar surface area (TPSA) is 26.3 Å². The van der Waals surface area contributed by atoms with Crippen LogP contribution < -0.4 is 4.74 Å². The third kappa shape index (κ3) is 4.17. The van der Waals surface area contributed by atoms with Crippen molar-refractivity contribution in [1.82, 2.24) is 0 Å². The van der Waals surface area contributed by atoms with Crippen molar-refractivity contribution in [3.63, 3.8) is 0 Å². The van der Waals surface area contributed by atoms with Crippen LogP contribution in [0.5, 0.6) is 5.75 Å². The summed E-state index contributed by atoms with van der Waals surface area (Å²) in [5.41, 5.74) is 1.94. The minimum Gasteiger partial charge on any atom is -0.494 e. The number of ketones is 1. The van der Waals surface area contributed by atoms with Crippen molar-refractivity contribution in [1.29, 1.82) is 0 Å². The standard InChI is InChI=1S/C16H24O2/c1-4-7-8-11-18-14-10-9-13(5-2)15(12-14)16(17)6-3/h9-10,12H,4-8,11H2,1-3H3. The first kappa shape index (κ1) is 14.7. The molecule has 0 atom stereocenters. The Hall–Kier alpha value is -1.31. The van der Waals surface area contributed by atoms with Gasteiger partial charge in [-0.2, -0.15) is 0 Å². The second-order valence-corrected chi connectivity index (χ2v) is 4.50. The van der Waals surface area contributed by atoms with Crippen LogP contribution >= 0.6 is 0 Å². The van der Waals surface area contributed by atoms with E-state index >= 15 is 0 Å². The number of hydrogen-bond acceptors (Lipinski definition) is 2. The number of ether oxygens (including phenoxy) is 1. The molecular weight excluding hydrogens is 224 g/mol. The Morgan fingerprint density at radius 3 is 2.56 bits per heavy atom. The van der Waals surface area contributed by atoms with Gasteiger partial charge in [0.2, 0.25) is 0 Å². The van der Waals surface area contributed by atoms with Gasteiger partial charge in [-0.3, -0.25) is 4.79 Å². The predicted molar refractivity (Wildman–Crippen MR) is 75.5 cm³/mol. The van der Waals surface area contributed by atoms with E-state index in [9.17, 15) is 4.79 Å².